The fourth-order valence-corrected chi connectivity index (χ4v) is 2.90. The monoisotopic (exact) mass is 383 g/mol. The van der Waals surface area contributed by atoms with Gasteiger partial charge >= 0.3 is 0 Å². The third-order valence-corrected chi connectivity index (χ3v) is 4.44. The second kappa shape index (κ2) is 9.24. The zero-order valence-corrected chi connectivity index (χ0v) is 16.0. The second-order valence-electron chi connectivity index (χ2n) is 6.31. The van der Waals surface area contributed by atoms with Gasteiger partial charge in [0.15, 0.2) is 0 Å². The molecule has 0 N–H and O–H groups in total. The molecule has 0 saturated carbocycles. The van der Waals surface area contributed by atoms with Gasteiger partial charge in [0.1, 0.15) is 5.75 Å². The largest absolute Gasteiger partial charge is 0.491 e. The number of rotatable bonds is 8. The summed E-state index contributed by atoms with van der Waals surface area (Å²) in [7, 11) is 1.78. The summed E-state index contributed by atoms with van der Waals surface area (Å²) in [6, 6.07) is 17.4. The molecule has 3 aromatic rings. The molecule has 0 bridgehead atoms. The van der Waals surface area contributed by atoms with E-state index in [0.29, 0.717) is 36.9 Å². The van der Waals surface area contributed by atoms with Crippen LogP contribution in [0.25, 0.3) is 0 Å². The highest BCUT2D eigenvalue weighted by molar-refractivity contribution is 6.32. The minimum atomic E-state index is 0.0119. The number of carbonyl (C=O) groups excluding carboxylic acids is 1. The molecule has 0 aliphatic heterocycles. The fourth-order valence-electron chi connectivity index (χ4n) is 2.71. The highest BCUT2D eigenvalue weighted by Gasteiger charge is 2.11. The van der Waals surface area contributed by atoms with E-state index >= 15 is 0 Å². The predicted molar refractivity (Wildman–Crippen MR) is 106 cm³/mol. The van der Waals surface area contributed by atoms with Crippen molar-refractivity contribution in [1.82, 2.24) is 14.7 Å². The molecule has 1 aromatic heterocycles. The first-order chi connectivity index (χ1) is 13.1. The van der Waals surface area contributed by atoms with Gasteiger partial charge in [-0.15, -0.1) is 0 Å². The van der Waals surface area contributed by atoms with Crippen LogP contribution in [-0.4, -0.2) is 34.2 Å². The molecule has 0 aliphatic rings. The Morgan fingerprint density at radius 3 is 2.63 bits per heavy atom. The van der Waals surface area contributed by atoms with E-state index < -0.39 is 0 Å². The molecule has 0 atom stereocenters. The van der Waals surface area contributed by atoms with Crippen LogP contribution < -0.4 is 4.74 Å². The topological polar surface area (TPSA) is 47.4 Å². The van der Waals surface area contributed by atoms with Crippen LogP contribution >= 0.6 is 11.6 Å². The SMILES string of the molecule is CN(Cc1cnn(Cc2ccccc2)c1)C(=O)CCOc1ccccc1Cl. The first kappa shape index (κ1) is 19.0. The van der Waals surface area contributed by atoms with Crippen LogP contribution in [0.5, 0.6) is 5.75 Å². The average molecular weight is 384 g/mol. The van der Waals surface area contributed by atoms with Gasteiger partial charge < -0.3 is 9.64 Å². The number of carbonyl (C=O) groups is 1. The van der Waals surface area contributed by atoms with Gasteiger partial charge in [-0.25, -0.2) is 0 Å². The van der Waals surface area contributed by atoms with Crippen LogP contribution in [0.4, 0.5) is 0 Å². The highest BCUT2D eigenvalue weighted by Crippen LogP contribution is 2.23. The molecule has 0 saturated heterocycles. The molecular formula is C21H22ClN3O2. The summed E-state index contributed by atoms with van der Waals surface area (Å²) in [5.74, 6) is 0.606. The zero-order chi connectivity index (χ0) is 19.1. The summed E-state index contributed by atoms with van der Waals surface area (Å²) in [6.07, 6.45) is 4.06. The van der Waals surface area contributed by atoms with Crippen molar-refractivity contribution in [2.45, 2.75) is 19.5 Å². The van der Waals surface area contributed by atoms with Crippen molar-refractivity contribution in [1.29, 1.82) is 0 Å². The van der Waals surface area contributed by atoms with Crippen LogP contribution in [0.15, 0.2) is 67.0 Å². The Morgan fingerprint density at radius 1 is 1.11 bits per heavy atom. The number of aromatic nitrogens is 2. The lowest BCUT2D eigenvalue weighted by atomic mass is 10.2. The molecule has 0 fully saturated rings. The summed E-state index contributed by atoms with van der Waals surface area (Å²) >= 11 is 6.04. The lowest BCUT2D eigenvalue weighted by molar-refractivity contribution is -0.130. The number of hydrogen-bond acceptors (Lipinski definition) is 3. The maximum atomic E-state index is 12.3. The first-order valence-electron chi connectivity index (χ1n) is 8.78. The maximum absolute atomic E-state index is 12.3. The van der Waals surface area contributed by atoms with Gasteiger partial charge in [0.05, 0.1) is 30.8 Å². The van der Waals surface area contributed by atoms with Crippen LogP contribution in [-0.2, 0) is 17.9 Å². The van der Waals surface area contributed by atoms with E-state index in [1.807, 2.05) is 41.2 Å². The molecule has 140 valence electrons. The van der Waals surface area contributed by atoms with Crippen molar-refractivity contribution in [2.24, 2.45) is 0 Å². The van der Waals surface area contributed by atoms with Crippen molar-refractivity contribution in [3.8, 4) is 5.75 Å². The number of nitrogens with zero attached hydrogens (tertiary/aromatic N) is 3. The van der Waals surface area contributed by atoms with Crippen molar-refractivity contribution < 1.29 is 9.53 Å². The van der Waals surface area contributed by atoms with Crippen molar-refractivity contribution >= 4 is 17.5 Å². The van der Waals surface area contributed by atoms with Gasteiger partial charge in [0, 0.05) is 25.4 Å². The summed E-state index contributed by atoms with van der Waals surface area (Å²) in [4.78, 5) is 14.0. The van der Waals surface area contributed by atoms with Crippen LogP contribution in [0.3, 0.4) is 0 Å². The Hall–Kier alpha value is -2.79. The van der Waals surface area contributed by atoms with Gasteiger partial charge in [-0.1, -0.05) is 54.1 Å². The lowest BCUT2D eigenvalue weighted by Crippen LogP contribution is -2.27. The molecule has 5 nitrogen and oxygen atoms in total. The zero-order valence-electron chi connectivity index (χ0n) is 15.2. The minimum Gasteiger partial charge on any atom is -0.491 e. The Morgan fingerprint density at radius 2 is 1.85 bits per heavy atom. The minimum absolute atomic E-state index is 0.0119. The second-order valence-corrected chi connectivity index (χ2v) is 6.72. The summed E-state index contributed by atoms with van der Waals surface area (Å²) in [5, 5.41) is 4.92. The molecule has 1 heterocycles. The molecule has 0 spiro atoms. The van der Waals surface area contributed by atoms with E-state index in [-0.39, 0.29) is 5.91 Å². The third kappa shape index (κ3) is 5.59. The Kier molecular flexibility index (Phi) is 6.49. The molecule has 0 unspecified atom stereocenters. The molecular weight excluding hydrogens is 362 g/mol. The van der Waals surface area contributed by atoms with Gasteiger partial charge in [-0.3, -0.25) is 9.48 Å². The number of para-hydroxylation sites is 1. The van der Waals surface area contributed by atoms with Crippen LogP contribution in [0.1, 0.15) is 17.5 Å². The Labute approximate surface area is 164 Å². The number of benzene rings is 2. The summed E-state index contributed by atoms with van der Waals surface area (Å²) in [5.41, 5.74) is 2.18. The molecule has 2 aromatic carbocycles. The normalized spacial score (nSPS) is 10.6. The van der Waals surface area contributed by atoms with Gasteiger partial charge in [-0.05, 0) is 17.7 Å². The quantitative estimate of drug-likeness (QED) is 0.590. The van der Waals surface area contributed by atoms with E-state index in [2.05, 4.69) is 17.2 Å². The molecule has 1 amide bonds. The van der Waals surface area contributed by atoms with Crippen molar-refractivity contribution in [3.63, 3.8) is 0 Å². The standard InChI is InChI=1S/C21H22ClN3O2/c1-24(21(26)11-12-27-20-10-6-5-9-19(20)22)14-18-13-23-25(16-18)15-17-7-3-2-4-8-17/h2-10,13,16H,11-12,14-15H2,1H3. The third-order valence-electron chi connectivity index (χ3n) is 4.13. The first-order valence-corrected chi connectivity index (χ1v) is 9.16. The van der Waals surface area contributed by atoms with Crippen LogP contribution in [0, 0.1) is 0 Å². The molecule has 0 aliphatic carbocycles. The summed E-state index contributed by atoms with van der Waals surface area (Å²) in [6.45, 7) is 1.52. The van der Waals surface area contributed by atoms with Gasteiger partial charge in [-0.2, -0.15) is 5.10 Å². The van der Waals surface area contributed by atoms with E-state index in [1.54, 1.807) is 30.3 Å². The average Bonchev–Trinajstić information content (AvgIpc) is 3.10. The van der Waals surface area contributed by atoms with Gasteiger partial charge in [0.25, 0.3) is 0 Å². The molecule has 6 heteroatoms. The fraction of sp³-hybridized carbons (Fsp3) is 0.238. The number of halogens is 1. The van der Waals surface area contributed by atoms with Gasteiger partial charge in [0.2, 0.25) is 5.91 Å². The van der Waals surface area contributed by atoms with E-state index in [4.69, 9.17) is 16.3 Å². The number of hydrogen-bond donors (Lipinski definition) is 0. The van der Waals surface area contributed by atoms with E-state index in [0.717, 1.165) is 5.56 Å². The number of ether oxygens (including phenoxy) is 1. The smallest absolute Gasteiger partial charge is 0.226 e. The number of amides is 1. The van der Waals surface area contributed by atoms with E-state index in [1.165, 1.54) is 5.56 Å². The molecule has 0 radical (unpaired) electrons. The lowest BCUT2D eigenvalue weighted by Gasteiger charge is -2.16. The molecule has 3 rings (SSSR count). The summed E-state index contributed by atoms with van der Waals surface area (Å²) < 4.78 is 7.46. The molecule has 27 heavy (non-hydrogen) atoms. The Balaban J connectivity index is 1.46. The highest BCUT2D eigenvalue weighted by atomic mass is 35.5. The maximum Gasteiger partial charge on any atom is 0.226 e. The van der Waals surface area contributed by atoms with Crippen LogP contribution in [0.2, 0.25) is 5.02 Å². The van der Waals surface area contributed by atoms with E-state index in [9.17, 15) is 4.79 Å². The van der Waals surface area contributed by atoms with Crippen molar-refractivity contribution in [3.05, 3.63) is 83.1 Å². The Bertz CT molecular complexity index is 880. The predicted octanol–water partition coefficient (Wildman–Crippen LogP) is 4.01. The van der Waals surface area contributed by atoms with Crippen molar-refractivity contribution in [2.75, 3.05) is 13.7 Å².